The summed E-state index contributed by atoms with van der Waals surface area (Å²) < 4.78 is 0. The molecule has 14 rings (SSSR count). The van der Waals surface area contributed by atoms with Crippen LogP contribution in [0.15, 0.2) is 273 Å². The number of anilines is 3. The highest BCUT2D eigenvalue weighted by Crippen LogP contribution is 2.64. The van der Waals surface area contributed by atoms with Gasteiger partial charge >= 0.3 is 0 Å². The summed E-state index contributed by atoms with van der Waals surface area (Å²) >= 11 is 0. The highest BCUT2D eigenvalue weighted by Gasteiger charge is 2.52. The molecule has 0 aromatic heterocycles. The maximum absolute atomic E-state index is 3.95. The standard InChI is InChI=1S/C69H49N3/c1-4-18-46(19-5-1)47-34-36-49(37-35-47)63-45-64(71-68(70-63)50-21-6-2-7-22-50)55-26-17-25-53(43-55)51-23-16-24-52(42-51)54-38-40-58-62(44-54)69(61-41-39-48-20-10-11-29-57(48)67(58)61)59-30-12-14-32-65(59)72(56-27-8-3-9-28-56)66-33-15-13-31-60(66)69/h1-45,64,68,70-71H. The first-order chi connectivity index (χ1) is 35.7. The molecule has 11 aromatic rings. The van der Waals surface area contributed by atoms with Crippen LogP contribution in [0, 0.1) is 0 Å². The predicted molar refractivity (Wildman–Crippen MR) is 298 cm³/mol. The molecular formula is C69H49N3. The third kappa shape index (κ3) is 6.77. The molecule has 2 N–H and O–H groups in total. The first-order valence-corrected chi connectivity index (χ1v) is 25.1. The molecule has 3 heteroatoms. The molecule has 72 heavy (non-hydrogen) atoms. The Bertz CT molecular complexity index is 3830. The molecule has 1 spiro atoms. The second-order valence-corrected chi connectivity index (χ2v) is 19.3. The van der Waals surface area contributed by atoms with E-state index in [1.165, 1.54) is 100 Å². The first kappa shape index (κ1) is 41.9. The fourth-order valence-electron chi connectivity index (χ4n) is 12.1. The number of nitrogens with one attached hydrogen (secondary N) is 2. The van der Waals surface area contributed by atoms with Gasteiger partial charge in [0.05, 0.1) is 22.8 Å². The van der Waals surface area contributed by atoms with E-state index < -0.39 is 5.41 Å². The van der Waals surface area contributed by atoms with Crippen molar-refractivity contribution >= 4 is 33.5 Å². The van der Waals surface area contributed by atoms with E-state index in [2.05, 4.69) is 289 Å². The molecular weight excluding hydrogens is 871 g/mol. The lowest BCUT2D eigenvalue weighted by molar-refractivity contribution is 0.443. The fraction of sp³-hybridized carbons (Fsp3) is 0.0435. The Kier molecular flexibility index (Phi) is 9.97. The quantitative estimate of drug-likeness (QED) is 0.167. The monoisotopic (exact) mass is 919 g/mol. The van der Waals surface area contributed by atoms with Gasteiger partial charge in [-0.1, -0.05) is 224 Å². The average Bonchev–Trinajstić information content (AvgIpc) is 3.77. The van der Waals surface area contributed by atoms with Gasteiger partial charge in [-0.25, -0.2) is 0 Å². The maximum atomic E-state index is 3.95. The molecule has 2 atom stereocenters. The Morgan fingerprint density at radius 1 is 0.361 bits per heavy atom. The van der Waals surface area contributed by atoms with Gasteiger partial charge in [-0.05, 0) is 143 Å². The molecule has 0 radical (unpaired) electrons. The number of benzene rings is 11. The van der Waals surface area contributed by atoms with Crippen LogP contribution in [0.1, 0.15) is 51.2 Å². The third-order valence-electron chi connectivity index (χ3n) is 15.3. The summed E-state index contributed by atoms with van der Waals surface area (Å²) in [6.45, 7) is 0. The largest absolute Gasteiger partial charge is 0.366 e. The molecule has 3 aliphatic rings. The summed E-state index contributed by atoms with van der Waals surface area (Å²) in [7, 11) is 0. The van der Waals surface area contributed by atoms with Crippen LogP contribution in [0.3, 0.4) is 0 Å². The van der Waals surface area contributed by atoms with Crippen LogP contribution in [-0.2, 0) is 5.41 Å². The van der Waals surface area contributed by atoms with Crippen LogP contribution in [0.5, 0.6) is 0 Å². The minimum Gasteiger partial charge on any atom is -0.366 e. The van der Waals surface area contributed by atoms with Crippen molar-refractivity contribution in [2.24, 2.45) is 0 Å². The summed E-state index contributed by atoms with van der Waals surface area (Å²) in [6.07, 6.45) is 2.27. The van der Waals surface area contributed by atoms with E-state index in [1.54, 1.807) is 0 Å². The fourth-order valence-corrected chi connectivity index (χ4v) is 12.1. The number of nitrogens with zero attached hydrogens (tertiary/aromatic N) is 1. The molecule has 0 bridgehead atoms. The summed E-state index contributed by atoms with van der Waals surface area (Å²) in [4.78, 5) is 2.46. The first-order valence-electron chi connectivity index (χ1n) is 25.1. The topological polar surface area (TPSA) is 27.3 Å². The normalized spacial score (nSPS) is 16.0. The average molecular weight is 920 g/mol. The van der Waals surface area contributed by atoms with Crippen molar-refractivity contribution in [2.75, 3.05) is 4.90 Å². The SMILES string of the molecule is C1=C(c2ccc(-c3ccccc3)cc2)NC(c2ccccc2)NC1c1cccc(-c2cccc(-c3ccc4c(c3)C3(c5ccccc5N(c5ccccc5)c5ccccc53)c3ccc5ccccc5c3-4)c2)c1. The molecule has 1 aliphatic carbocycles. The van der Waals surface area contributed by atoms with Crippen LogP contribution in [0.2, 0.25) is 0 Å². The van der Waals surface area contributed by atoms with Gasteiger partial charge in [0.1, 0.15) is 6.17 Å². The summed E-state index contributed by atoms with van der Waals surface area (Å²) in [5, 5.41) is 10.3. The van der Waals surface area contributed by atoms with Crippen LogP contribution in [-0.4, -0.2) is 0 Å². The van der Waals surface area contributed by atoms with Gasteiger partial charge < -0.3 is 10.2 Å². The van der Waals surface area contributed by atoms with E-state index in [0.717, 1.165) is 16.9 Å². The van der Waals surface area contributed by atoms with Crippen molar-refractivity contribution in [1.82, 2.24) is 10.6 Å². The lowest BCUT2D eigenvalue weighted by atomic mass is 9.64. The molecule has 2 heterocycles. The van der Waals surface area contributed by atoms with E-state index in [0.29, 0.717) is 0 Å². The van der Waals surface area contributed by atoms with Gasteiger partial charge in [0, 0.05) is 11.4 Å². The van der Waals surface area contributed by atoms with Crippen molar-refractivity contribution in [1.29, 1.82) is 0 Å². The summed E-state index contributed by atoms with van der Waals surface area (Å²) in [5.41, 5.74) is 22.6. The van der Waals surface area contributed by atoms with Crippen molar-refractivity contribution in [2.45, 2.75) is 17.6 Å². The minimum absolute atomic E-state index is 0.0342. The molecule has 3 nitrogen and oxygen atoms in total. The number of rotatable bonds is 7. The van der Waals surface area contributed by atoms with Crippen molar-refractivity contribution in [3.05, 3.63) is 312 Å². The highest BCUT2D eigenvalue weighted by atomic mass is 15.2. The van der Waals surface area contributed by atoms with E-state index >= 15 is 0 Å². The van der Waals surface area contributed by atoms with Crippen LogP contribution < -0.4 is 15.5 Å². The van der Waals surface area contributed by atoms with Crippen molar-refractivity contribution in [3.63, 3.8) is 0 Å². The number of fused-ring (bicyclic) bond motifs is 11. The van der Waals surface area contributed by atoms with Crippen LogP contribution in [0.4, 0.5) is 17.1 Å². The Morgan fingerprint density at radius 3 is 1.64 bits per heavy atom. The van der Waals surface area contributed by atoms with Gasteiger partial charge in [-0.15, -0.1) is 0 Å². The Hall–Kier alpha value is -9.02. The molecule has 340 valence electrons. The molecule has 0 fully saturated rings. The molecule has 0 saturated carbocycles. The third-order valence-corrected chi connectivity index (χ3v) is 15.3. The zero-order valence-corrected chi connectivity index (χ0v) is 39.6. The lowest BCUT2D eigenvalue weighted by Crippen LogP contribution is -2.39. The number of para-hydroxylation sites is 3. The molecule has 2 unspecified atom stereocenters. The lowest BCUT2D eigenvalue weighted by Gasteiger charge is -2.45. The number of hydrogen-bond acceptors (Lipinski definition) is 3. The van der Waals surface area contributed by atoms with Gasteiger partial charge in [0.25, 0.3) is 0 Å². The van der Waals surface area contributed by atoms with E-state index in [9.17, 15) is 0 Å². The Labute approximate surface area is 421 Å². The second kappa shape index (κ2) is 17.1. The maximum Gasteiger partial charge on any atom is 0.104 e. The minimum atomic E-state index is -0.565. The van der Waals surface area contributed by atoms with Gasteiger partial charge in [0.15, 0.2) is 0 Å². The number of hydrogen-bond donors (Lipinski definition) is 2. The molecule has 0 saturated heterocycles. The molecule has 0 amide bonds. The van der Waals surface area contributed by atoms with Crippen molar-refractivity contribution in [3.8, 4) is 44.5 Å². The van der Waals surface area contributed by atoms with Crippen molar-refractivity contribution < 1.29 is 0 Å². The zero-order valence-electron chi connectivity index (χ0n) is 39.6. The van der Waals surface area contributed by atoms with E-state index in [4.69, 9.17) is 0 Å². The zero-order chi connectivity index (χ0) is 47.6. The van der Waals surface area contributed by atoms with Gasteiger partial charge in [-0.2, -0.15) is 0 Å². The predicted octanol–water partition coefficient (Wildman–Crippen LogP) is 17.0. The van der Waals surface area contributed by atoms with E-state index in [1.807, 2.05) is 0 Å². The smallest absolute Gasteiger partial charge is 0.104 e. The van der Waals surface area contributed by atoms with Gasteiger partial charge in [-0.3, -0.25) is 5.32 Å². The highest BCUT2D eigenvalue weighted by molar-refractivity contribution is 6.06. The molecule has 2 aliphatic heterocycles. The van der Waals surface area contributed by atoms with Gasteiger partial charge in [0.2, 0.25) is 0 Å². The molecule has 11 aromatic carbocycles. The second-order valence-electron chi connectivity index (χ2n) is 19.3. The Morgan fingerprint density at radius 2 is 0.903 bits per heavy atom. The van der Waals surface area contributed by atoms with E-state index in [-0.39, 0.29) is 12.2 Å². The summed E-state index contributed by atoms with van der Waals surface area (Å²) in [6, 6.07) is 98.2. The van der Waals surface area contributed by atoms with Crippen LogP contribution >= 0.6 is 0 Å². The summed E-state index contributed by atoms with van der Waals surface area (Å²) in [5.74, 6) is 0. The Balaban J connectivity index is 0.878. The van der Waals surface area contributed by atoms with Crippen LogP contribution in [0.25, 0.3) is 61.0 Å².